The highest BCUT2D eigenvalue weighted by molar-refractivity contribution is 6.34. The molecule has 4 rings (SSSR count). The molecule has 2 amide bonds. The summed E-state index contributed by atoms with van der Waals surface area (Å²) in [4.78, 5) is 29.1. The van der Waals surface area contributed by atoms with Crippen molar-refractivity contribution in [1.82, 2.24) is 4.90 Å². The van der Waals surface area contributed by atoms with E-state index in [-0.39, 0.29) is 11.8 Å². The number of carbonyl (C=O) groups is 2. The van der Waals surface area contributed by atoms with Gasteiger partial charge in [0, 0.05) is 12.6 Å². The molecule has 0 radical (unpaired) electrons. The molecule has 0 saturated carbocycles. The van der Waals surface area contributed by atoms with Gasteiger partial charge in [0.25, 0.3) is 11.8 Å². The lowest BCUT2D eigenvalue weighted by molar-refractivity contribution is 0.0926. The van der Waals surface area contributed by atoms with E-state index in [1.807, 2.05) is 18.2 Å². The molecule has 4 heteroatoms. The molecule has 2 aliphatic heterocycles. The summed E-state index contributed by atoms with van der Waals surface area (Å²) in [6.45, 7) is 4.24. The van der Waals surface area contributed by atoms with Crippen LogP contribution in [0.25, 0.3) is 0 Å². The highest BCUT2D eigenvalue weighted by atomic mass is 16.2. The van der Waals surface area contributed by atoms with Gasteiger partial charge in [0.2, 0.25) is 0 Å². The number of hydrogen-bond acceptors (Lipinski definition) is 3. The van der Waals surface area contributed by atoms with Gasteiger partial charge in [-0.05, 0) is 56.1 Å². The van der Waals surface area contributed by atoms with Crippen molar-refractivity contribution in [2.45, 2.75) is 38.8 Å². The maximum Gasteiger partial charge on any atom is 0.266 e. The minimum Gasteiger partial charge on any atom is -0.296 e. The van der Waals surface area contributed by atoms with Crippen molar-refractivity contribution in [2.75, 3.05) is 11.4 Å². The zero-order chi connectivity index (χ0) is 17.4. The van der Waals surface area contributed by atoms with E-state index in [0.29, 0.717) is 22.9 Å². The molecule has 2 aromatic carbocycles. The number of likely N-dealkylation sites (tertiary alicyclic amines) is 1. The summed E-state index contributed by atoms with van der Waals surface area (Å²) in [5, 5.41) is 0. The largest absolute Gasteiger partial charge is 0.296 e. The molecule has 0 bridgehead atoms. The van der Waals surface area contributed by atoms with E-state index in [9.17, 15) is 9.59 Å². The van der Waals surface area contributed by atoms with Crippen LogP contribution in [-0.4, -0.2) is 29.3 Å². The second kappa shape index (κ2) is 6.45. The Labute approximate surface area is 148 Å². The molecule has 2 aliphatic rings. The molecule has 25 heavy (non-hydrogen) atoms. The fraction of sp³-hybridized carbons (Fsp3) is 0.333. The van der Waals surface area contributed by atoms with Gasteiger partial charge in [0.15, 0.2) is 0 Å². The molecule has 0 aromatic heterocycles. The fourth-order valence-corrected chi connectivity index (χ4v) is 3.84. The van der Waals surface area contributed by atoms with Gasteiger partial charge in [0.1, 0.15) is 0 Å². The standard InChI is InChI=1S/C21H22N2O2/c1-15-7-4-5-12-22(15)14-16-8-6-9-17(13-16)23-20(24)18-10-2-3-11-19(18)21(23)25/h2-3,6,8-11,13,15H,4-5,7,12,14H2,1H3. The van der Waals surface area contributed by atoms with E-state index in [2.05, 4.69) is 17.9 Å². The van der Waals surface area contributed by atoms with Crippen LogP contribution in [0.15, 0.2) is 48.5 Å². The molecule has 2 heterocycles. The zero-order valence-electron chi connectivity index (χ0n) is 14.4. The Hall–Kier alpha value is -2.46. The van der Waals surface area contributed by atoms with Crippen molar-refractivity contribution in [1.29, 1.82) is 0 Å². The minimum absolute atomic E-state index is 0.232. The smallest absolute Gasteiger partial charge is 0.266 e. The van der Waals surface area contributed by atoms with Gasteiger partial charge >= 0.3 is 0 Å². The average Bonchev–Trinajstić information content (AvgIpc) is 2.89. The van der Waals surface area contributed by atoms with Gasteiger partial charge in [-0.15, -0.1) is 0 Å². The molecular weight excluding hydrogens is 312 g/mol. The second-order valence-electron chi connectivity index (χ2n) is 6.98. The van der Waals surface area contributed by atoms with Crippen molar-refractivity contribution in [3.05, 3.63) is 65.2 Å². The number of hydrogen-bond donors (Lipinski definition) is 0. The topological polar surface area (TPSA) is 40.6 Å². The maximum absolute atomic E-state index is 12.7. The van der Waals surface area contributed by atoms with Crippen molar-refractivity contribution in [2.24, 2.45) is 0 Å². The Balaban J connectivity index is 1.60. The lowest BCUT2D eigenvalue weighted by atomic mass is 10.0. The Morgan fingerprint density at radius 1 is 0.960 bits per heavy atom. The van der Waals surface area contributed by atoms with Crippen LogP contribution in [0.3, 0.4) is 0 Å². The summed E-state index contributed by atoms with van der Waals surface area (Å²) in [6.07, 6.45) is 3.77. The highest BCUT2D eigenvalue weighted by Gasteiger charge is 2.36. The van der Waals surface area contributed by atoms with Gasteiger partial charge < -0.3 is 0 Å². The summed E-state index contributed by atoms with van der Waals surface area (Å²) in [6, 6.07) is 15.4. The van der Waals surface area contributed by atoms with Crippen LogP contribution in [0.2, 0.25) is 0 Å². The maximum atomic E-state index is 12.7. The molecule has 128 valence electrons. The Morgan fingerprint density at radius 2 is 1.68 bits per heavy atom. The van der Waals surface area contributed by atoms with E-state index in [1.54, 1.807) is 24.3 Å². The number of benzene rings is 2. The van der Waals surface area contributed by atoms with Crippen LogP contribution in [0, 0.1) is 0 Å². The lowest BCUT2D eigenvalue weighted by Crippen LogP contribution is -2.36. The quantitative estimate of drug-likeness (QED) is 0.800. The lowest BCUT2D eigenvalue weighted by Gasteiger charge is -2.33. The van der Waals surface area contributed by atoms with E-state index < -0.39 is 0 Å². The summed E-state index contributed by atoms with van der Waals surface area (Å²) < 4.78 is 0. The van der Waals surface area contributed by atoms with Crippen LogP contribution in [0.5, 0.6) is 0 Å². The van der Waals surface area contributed by atoms with Gasteiger partial charge in [0.05, 0.1) is 16.8 Å². The first kappa shape index (κ1) is 16.0. The molecular formula is C21H22N2O2. The number of amides is 2. The molecule has 1 unspecified atom stereocenters. The third kappa shape index (κ3) is 2.87. The van der Waals surface area contributed by atoms with Crippen molar-refractivity contribution in [3.8, 4) is 0 Å². The van der Waals surface area contributed by atoms with Crippen LogP contribution < -0.4 is 4.90 Å². The first-order chi connectivity index (χ1) is 12.1. The van der Waals surface area contributed by atoms with Crippen LogP contribution in [0.1, 0.15) is 52.5 Å². The van der Waals surface area contributed by atoms with Gasteiger partial charge in [-0.25, -0.2) is 4.90 Å². The third-order valence-electron chi connectivity index (χ3n) is 5.29. The predicted octanol–water partition coefficient (Wildman–Crippen LogP) is 3.86. The normalized spacial score (nSPS) is 20.8. The van der Waals surface area contributed by atoms with Crippen LogP contribution in [0.4, 0.5) is 5.69 Å². The number of rotatable bonds is 3. The van der Waals surface area contributed by atoms with E-state index in [1.165, 1.54) is 24.2 Å². The minimum atomic E-state index is -0.232. The van der Waals surface area contributed by atoms with E-state index in [0.717, 1.165) is 18.7 Å². The van der Waals surface area contributed by atoms with Crippen molar-refractivity contribution >= 4 is 17.5 Å². The molecule has 0 N–H and O–H groups in total. The number of imide groups is 1. The van der Waals surface area contributed by atoms with Crippen molar-refractivity contribution in [3.63, 3.8) is 0 Å². The Morgan fingerprint density at radius 3 is 2.36 bits per heavy atom. The SMILES string of the molecule is CC1CCCCN1Cc1cccc(N2C(=O)c3ccccc3C2=O)c1. The molecule has 0 spiro atoms. The van der Waals surface area contributed by atoms with Gasteiger partial charge in [-0.1, -0.05) is 30.7 Å². The van der Waals surface area contributed by atoms with Gasteiger partial charge in [-0.3, -0.25) is 14.5 Å². The summed E-state index contributed by atoms with van der Waals surface area (Å²) in [7, 11) is 0. The first-order valence-electron chi connectivity index (χ1n) is 8.96. The zero-order valence-corrected chi connectivity index (χ0v) is 14.4. The molecule has 1 atom stereocenters. The number of nitrogens with zero attached hydrogens (tertiary/aromatic N) is 2. The number of piperidine rings is 1. The number of fused-ring (bicyclic) bond motifs is 1. The van der Waals surface area contributed by atoms with Crippen molar-refractivity contribution < 1.29 is 9.59 Å². The van der Waals surface area contributed by atoms with Crippen LogP contribution >= 0.6 is 0 Å². The highest BCUT2D eigenvalue weighted by Crippen LogP contribution is 2.29. The first-order valence-corrected chi connectivity index (χ1v) is 8.96. The van der Waals surface area contributed by atoms with E-state index in [4.69, 9.17) is 0 Å². The Bertz CT molecular complexity index is 795. The van der Waals surface area contributed by atoms with Crippen LogP contribution in [-0.2, 0) is 6.54 Å². The van der Waals surface area contributed by atoms with Gasteiger partial charge in [-0.2, -0.15) is 0 Å². The Kier molecular flexibility index (Phi) is 4.14. The molecule has 1 fully saturated rings. The summed E-state index contributed by atoms with van der Waals surface area (Å²) in [5.74, 6) is -0.465. The summed E-state index contributed by atoms with van der Waals surface area (Å²) >= 11 is 0. The predicted molar refractivity (Wildman–Crippen MR) is 97.7 cm³/mol. The molecule has 4 nitrogen and oxygen atoms in total. The third-order valence-corrected chi connectivity index (χ3v) is 5.29. The molecule has 2 aromatic rings. The molecule has 0 aliphatic carbocycles. The molecule has 1 saturated heterocycles. The number of carbonyl (C=O) groups excluding carboxylic acids is 2. The monoisotopic (exact) mass is 334 g/mol. The van der Waals surface area contributed by atoms with E-state index >= 15 is 0 Å². The second-order valence-corrected chi connectivity index (χ2v) is 6.98. The fourth-order valence-electron chi connectivity index (χ4n) is 3.84. The average molecular weight is 334 g/mol. The summed E-state index contributed by atoms with van der Waals surface area (Å²) in [5.41, 5.74) is 2.78. The number of anilines is 1.